The fraction of sp³-hybridized carbons (Fsp3) is 0.292. The van der Waals surface area contributed by atoms with Crippen LogP contribution in [0.5, 0.6) is 5.75 Å². The predicted molar refractivity (Wildman–Crippen MR) is 129 cm³/mol. The number of ether oxygens (including phenoxy) is 1. The molecule has 0 saturated carbocycles. The third kappa shape index (κ3) is 5.38. The smallest absolute Gasteiger partial charge is 0.257 e. The van der Waals surface area contributed by atoms with Crippen LogP contribution in [0.4, 0.5) is 19.0 Å². The van der Waals surface area contributed by atoms with Crippen molar-refractivity contribution in [3.05, 3.63) is 69.8 Å². The quantitative estimate of drug-likeness (QED) is 0.582. The maximum absolute atomic E-state index is 14.2. The second-order valence-electron chi connectivity index (χ2n) is 7.84. The molecule has 0 spiro atoms. The van der Waals surface area contributed by atoms with Crippen molar-refractivity contribution in [2.24, 2.45) is 21.5 Å². The number of halogens is 3. The van der Waals surface area contributed by atoms with Gasteiger partial charge in [-0.15, -0.1) is 0 Å². The fourth-order valence-electron chi connectivity index (χ4n) is 3.71. The van der Waals surface area contributed by atoms with Crippen LogP contribution in [0.15, 0.2) is 57.3 Å². The number of pyridine rings is 1. The van der Waals surface area contributed by atoms with E-state index in [1.54, 1.807) is 39.2 Å². The SMILES string of the molecule is CN=CC1=C(N)c2ccc(F)cc2C(C)Oc2cc(cnc2N)C(=NCC(F)F)C(=C(C)N)C1. The summed E-state index contributed by atoms with van der Waals surface area (Å²) < 4.78 is 46.5. The molecule has 0 aliphatic carbocycles. The van der Waals surface area contributed by atoms with Gasteiger partial charge in [0.05, 0.1) is 5.71 Å². The van der Waals surface area contributed by atoms with Gasteiger partial charge in [0.2, 0.25) is 0 Å². The molecular formula is C24H27F3N6O. The first-order valence-electron chi connectivity index (χ1n) is 10.5. The second kappa shape index (κ2) is 10.4. The molecule has 1 aromatic heterocycles. The van der Waals surface area contributed by atoms with Crippen LogP contribution < -0.4 is 21.9 Å². The molecule has 2 heterocycles. The highest BCUT2D eigenvalue weighted by molar-refractivity contribution is 6.14. The average Bonchev–Trinajstić information content (AvgIpc) is 2.78. The Kier molecular flexibility index (Phi) is 7.60. The molecule has 34 heavy (non-hydrogen) atoms. The highest BCUT2D eigenvalue weighted by Gasteiger charge is 2.23. The zero-order valence-corrected chi connectivity index (χ0v) is 19.1. The molecule has 2 bridgehead atoms. The maximum Gasteiger partial charge on any atom is 0.257 e. The topological polar surface area (TPSA) is 125 Å². The predicted octanol–water partition coefficient (Wildman–Crippen LogP) is 4.00. The Morgan fingerprint density at radius 1 is 1.29 bits per heavy atom. The van der Waals surface area contributed by atoms with Crippen molar-refractivity contribution < 1.29 is 17.9 Å². The van der Waals surface area contributed by atoms with E-state index < -0.39 is 24.9 Å². The van der Waals surface area contributed by atoms with Gasteiger partial charge in [-0.2, -0.15) is 0 Å². The number of hydrogen-bond donors (Lipinski definition) is 3. The number of aliphatic imine (C=N–C) groups is 2. The number of alkyl halides is 2. The molecule has 10 heteroatoms. The van der Waals surface area contributed by atoms with E-state index in [9.17, 15) is 13.2 Å². The monoisotopic (exact) mass is 472 g/mol. The lowest BCUT2D eigenvalue weighted by Gasteiger charge is -2.23. The summed E-state index contributed by atoms with van der Waals surface area (Å²) in [5.74, 6) is -0.187. The van der Waals surface area contributed by atoms with Gasteiger partial charge < -0.3 is 21.9 Å². The molecule has 1 aromatic carbocycles. The number of fused-ring (bicyclic) bond motifs is 3. The van der Waals surface area contributed by atoms with E-state index in [4.69, 9.17) is 21.9 Å². The van der Waals surface area contributed by atoms with Crippen LogP contribution in [0.3, 0.4) is 0 Å². The van der Waals surface area contributed by atoms with Crippen LogP contribution in [-0.4, -0.2) is 36.9 Å². The average molecular weight is 473 g/mol. The molecule has 1 aliphatic rings. The van der Waals surface area contributed by atoms with E-state index >= 15 is 0 Å². The lowest BCUT2D eigenvalue weighted by Crippen LogP contribution is -2.18. The van der Waals surface area contributed by atoms with E-state index in [0.29, 0.717) is 39.2 Å². The molecule has 1 atom stereocenters. The van der Waals surface area contributed by atoms with Crippen molar-refractivity contribution in [2.45, 2.75) is 32.8 Å². The molecule has 1 unspecified atom stereocenters. The van der Waals surface area contributed by atoms with Gasteiger partial charge in [-0.05, 0) is 43.7 Å². The second-order valence-corrected chi connectivity index (χ2v) is 7.84. The van der Waals surface area contributed by atoms with E-state index in [-0.39, 0.29) is 23.7 Å². The summed E-state index contributed by atoms with van der Waals surface area (Å²) in [6, 6.07) is 5.75. The van der Waals surface area contributed by atoms with Crippen LogP contribution >= 0.6 is 0 Å². The fourth-order valence-corrected chi connectivity index (χ4v) is 3.71. The zero-order valence-electron chi connectivity index (χ0n) is 19.1. The van der Waals surface area contributed by atoms with Crippen LogP contribution in [0.1, 0.15) is 43.1 Å². The minimum atomic E-state index is -2.66. The van der Waals surface area contributed by atoms with Gasteiger partial charge in [-0.25, -0.2) is 18.2 Å². The number of allylic oxidation sites excluding steroid dienone is 3. The normalized spacial score (nSPS) is 19.6. The number of nitrogens with two attached hydrogens (primary N) is 3. The molecule has 180 valence electrons. The molecular weight excluding hydrogens is 445 g/mol. The van der Waals surface area contributed by atoms with Gasteiger partial charge in [-0.1, -0.05) is 0 Å². The lowest BCUT2D eigenvalue weighted by molar-refractivity contribution is 0.159. The zero-order chi connectivity index (χ0) is 25.0. The van der Waals surface area contributed by atoms with Crippen LogP contribution in [0.2, 0.25) is 0 Å². The number of hydrogen-bond acceptors (Lipinski definition) is 7. The Morgan fingerprint density at radius 2 is 2.03 bits per heavy atom. The van der Waals surface area contributed by atoms with Gasteiger partial charge in [0, 0.05) is 59.5 Å². The summed E-state index contributed by atoms with van der Waals surface area (Å²) in [6.45, 7) is 2.63. The summed E-state index contributed by atoms with van der Waals surface area (Å²) in [6.07, 6.45) is -0.222. The minimum absolute atomic E-state index is 0.0798. The van der Waals surface area contributed by atoms with Gasteiger partial charge in [0.15, 0.2) is 11.6 Å². The Morgan fingerprint density at radius 3 is 2.68 bits per heavy atom. The molecule has 0 radical (unpaired) electrons. The molecule has 1 aliphatic heterocycles. The first-order valence-corrected chi connectivity index (χ1v) is 10.5. The van der Waals surface area contributed by atoms with Crippen LogP contribution in [0.25, 0.3) is 5.70 Å². The van der Waals surface area contributed by atoms with Crippen molar-refractivity contribution in [3.8, 4) is 5.75 Å². The molecule has 0 saturated heterocycles. The molecule has 0 fully saturated rings. The molecule has 3 rings (SSSR count). The lowest BCUT2D eigenvalue weighted by atomic mass is 9.91. The number of anilines is 1. The number of nitrogens with zero attached hydrogens (tertiary/aromatic N) is 3. The first kappa shape index (κ1) is 24.8. The van der Waals surface area contributed by atoms with E-state index in [1.165, 1.54) is 18.3 Å². The summed E-state index contributed by atoms with van der Waals surface area (Å²) in [7, 11) is 1.58. The van der Waals surface area contributed by atoms with E-state index in [0.717, 1.165) is 0 Å². The van der Waals surface area contributed by atoms with Crippen LogP contribution in [-0.2, 0) is 0 Å². The third-order valence-corrected chi connectivity index (χ3v) is 5.35. The summed E-state index contributed by atoms with van der Waals surface area (Å²) in [4.78, 5) is 12.4. The summed E-state index contributed by atoms with van der Waals surface area (Å²) >= 11 is 0. The van der Waals surface area contributed by atoms with Gasteiger partial charge in [0.1, 0.15) is 18.5 Å². The Bertz CT molecular complexity index is 1200. The number of aromatic nitrogens is 1. The van der Waals surface area contributed by atoms with Crippen molar-refractivity contribution in [1.29, 1.82) is 0 Å². The Hall–Kier alpha value is -3.82. The highest BCUT2D eigenvalue weighted by Crippen LogP contribution is 2.34. The number of benzene rings is 1. The maximum atomic E-state index is 14.2. The highest BCUT2D eigenvalue weighted by atomic mass is 19.3. The summed E-state index contributed by atoms with van der Waals surface area (Å²) in [5, 5.41) is 0. The van der Waals surface area contributed by atoms with Gasteiger partial charge in [0.25, 0.3) is 6.43 Å². The van der Waals surface area contributed by atoms with Crippen molar-refractivity contribution in [1.82, 2.24) is 4.98 Å². The Balaban J connectivity index is 2.37. The molecule has 0 amide bonds. The first-order chi connectivity index (χ1) is 16.1. The number of nitrogen functional groups attached to an aromatic ring is 1. The van der Waals surface area contributed by atoms with E-state index in [1.807, 2.05) is 0 Å². The van der Waals surface area contributed by atoms with Crippen molar-refractivity contribution >= 4 is 23.4 Å². The minimum Gasteiger partial charge on any atom is -0.482 e. The standard InChI is InChI=1S/C24H27F3N6O/c1-12(28)18-6-14(9-31-3)22(29)17-5-4-16(25)8-19(17)13(2)34-20-7-15(10-33-24(20)30)23(18)32-11-21(26)27/h4-5,7-10,13,21H,6,11,28-29H2,1-3H3,(H2,30,33). The van der Waals surface area contributed by atoms with Crippen molar-refractivity contribution in [3.63, 3.8) is 0 Å². The number of rotatable bonds is 3. The van der Waals surface area contributed by atoms with E-state index in [2.05, 4.69) is 15.0 Å². The van der Waals surface area contributed by atoms with Crippen LogP contribution in [0, 0.1) is 5.82 Å². The van der Waals surface area contributed by atoms with Crippen molar-refractivity contribution in [2.75, 3.05) is 19.3 Å². The molecule has 6 N–H and O–H groups in total. The van der Waals surface area contributed by atoms with Gasteiger partial charge >= 0.3 is 0 Å². The van der Waals surface area contributed by atoms with Gasteiger partial charge in [-0.3, -0.25) is 9.98 Å². The largest absolute Gasteiger partial charge is 0.482 e. The molecule has 7 nitrogen and oxygen atoms in total. The summed E-state index contributed by atoms with van der Waals surface area (Å²) in [5.41, 5.74) is 22.1. The Labute approximate surface area is 195 Å². The third-order valence-electron chi connectivity index (χ3n) is 5.35. The molecule has 2 aromatic rings.